The lowest BCUT2D eigenvalue weighted by Crippen LogP contribution is -2.46. The fourth-order valence-electron chi connectivity index (χ4n) is 4.60. The summed E-state index contributed by atoms with van der Waals surface area (Å²) in [6, 6.07) is 6.54. The number of ether oxygens (including phenoxy) is 1. The molecule has 154 valence electrons. The monoisotopic (exact) mass is 386 g/mol. The van der Waals surface area contributed by atoms with Crippen molar-refractivity contribution in [3.8, 4) is 0 Å². The van der Waals surface area contributed by atoms with Gasteiger partial charge in [0.1, 0.15) is 5.60 Å². The largest absolute Gasteiger partial charge is 0.444 e. The highest BCUT2D eigenvalue weighted by Gasteiger charge is 2.38. The maximum Gasteiger partial charge on any atom is 0.410 e. The van der Waals surface area contributed by atoms with Gasteiger partial charge in [-0.05, 0) is 69.1 Å². The summed E-state index contributed by atoms with van der Waals surface area (Å²) in [4.78, 5) is 26.2. The van der Waals surface area contributed by atoms with Crippen molar-refractivity contribution in [2.24, 2.45) is 11.7 Å². The van der Waals surface area contributed by atoms with Gasteiger partial charge in [0.25, 0.3) is 0 Å². The second kappa shape index (κ2) is 8.54. The van der Waals surface area contributed by atoms with Crippen LogP contribution >= 0.6 is 0 Å². The van der Waals surface area contributed by atoms with Crippen LogP contribution in [0.1, 0.15) is 82.0 Å². The lowest BCUT2D eigenvalue weighted by Gasteiger charge is -2.43. The van der Waals surface area contributed by atoms with Gasteiger partial charge in [0.15, 0.2) is 0 Å². The van der Waals surface area contributed by atoms with Crippen LogP contribution in [-0.4, -0.2) is 29.0 Å². The van der Waals surface area contributed by atoms with Gasteiger partial charge < -0.3 is 15.4 Å². The van der Waals surface area contributed by atoms with Crippen LogP contribution in [0, 0.1) is 5.92 Å². The first-order chi connectivity index (χ1) is 13.2. The number of carbonyl (C=O) groups excluding carboxylic acids is 2. The zero-order chi connectivity index (χ0) is 20.3. The first-order valence-electron chi connectivity index (χ1n) is 10.6. The third-order valence-corrected chi connectivity index (χ3v) is 5.87. The maximum atomic E-state index is 13.0. The van der Waals surface area contributed by atoms with Crippen molar-refractivity contribution >= 4 is 12.0 Å². The topological polar surface area (TPSA) is 72.6 Å². The SMILES string of the molecule is CC(C)(C)OC(=O)N1CCc2ccc(CCC(N)=O)cc2C1C1CCCCC1. The fraction of sp³-hybridized carbons (Fsp3) is 0.652. The lowest BCUT2D eigenvalue weighted by atomic mass is 9.77. The molecular formula is C23H34N2O3. The molecule has 1 aromatic rings. The van der Waals surface area contributed by atoms with Gasteiger partial charge in [-0.15, -0.1) is 0 Å². The second-order valence-electron chi connectivity index (χ2n) is 9.27. The Labute approximate surface area is 168 Å². The summed E-state index contributed by atoms with van der Waals surface area (Å²) in [5, 5.41) is 0. The molecule has 1 unspecified atom stereocenters. The molecule has 1 aliphatic carbocycles. The van der Waals surface area contributed by atoms with E-state index in [1.54, 1.807) is 0 Å². The van der Waals surface area contributed by atoms with Crippen molar-refractivity contribution in [1.29, 1.82) is 0 Å². The van der Waals surface area contributed by atoms with Crippen molar-refractivity contribution in [1.82, 2.24) is 4.90 Å². The minimum absolute atomic E-state index is 0.0624. The smallest absolute Gasteiger partial charge is 0.410 e. The Morgan fingerprint density at radius 2 is 1.89 bits per heavy atom. The quantitative estimate of drug-likeness (QED) is 0.827. The Bertz CT molecular complexity index is 717. The molecule has 0 spiro atoms. The summed E-state index contributed by atoms with van der Waals surface area (Å²) in [5.74, 6) is 0.184. The summed E-state index contributed by atoms with van der Waals surface area (Å²) < 4.78 is 5.75. The fourth-order valence-corrected chi connectivity index (χ4v) is 4.60. The van der Waals surface area contributed by atoms with E-state index in [2.05, 4.69) is 18.2 Å². The van der Waals surface area contributed by atoms with Crippen LogP contribution in [0.15, 0.2) is 18.2 Å². The van der Waals surface area contributed by atoms with E-state index in [9.17, 15) is 9.59 Å². The first kappa shape index (κ1) is 20.7. The Kier molecular flexibility index (Phi) is 6.31. The molecule has 0 radical (unpaired) electrons. The molecule has 1 heterocycles. The van der Waals surface area contributed by atoms with Gasteiger partial charge in [0.2, 0.25) is 5.91 Å². The summed E-state index contributed by atoms with van der Waals surface area (Å²) in [5.41, 5.74) is 8.51. The highest BCUT2D eigenvalue weighted by atomic mass is 16.6. The number of hydrogen-bond acceptors (Lipinski definition) is 3. The summed E-state index contributed by atoms with van der Waals surface area (Å²) in [6.07, 6.45) is 7.64. The molecule has 2 amide bonds. The van der Waals surface area contributed by atoms with Gasteiger partial charge in [-0.2, -0.15) is 0 Å². The average Bonchev–Trinajstić information content (AvgIpc) is 2.64. The number of nitrogens with zero attached hydrogens (tertiary/aromatic N) is 1. The number of primary amides is 1. The number of nitrogens with two attached hydrogens (primary N) is 1. The number of carbonyl (C=O) groups is 2. The maximum absolute atomic E-state index is 13.0. The lowest BCUT2D eigenvalue weighted by molar-refractivity contribution is -0.117. The zero-order valence-corrected chi connectivity index (χ0v) is 17.5. The Balaban J connectivity index is 1.92. The minimum atomic E-state index is -0.502. The highest BCUT2D eigenvalue weighted by molar-refractivity contribution is 5.74. The molecule has 0 saturated heterocycles. The second-order valence-corrected chi connectivity index (χ2v) is 9.27. The van der Waals surface area contributed by atoms with Gasteiger partial charge in [-0.3, -0.25) is 4.79 Å². The number of hydrogen-bond donors (Lipinski definition) is 1. The molecule has 5 heteroatoms. The number of aryl methyl sites for hydroxylation is 1. The summed E-state index contributed by atoms with van der Waals surface area (Å²) >= 11 is 0. The van der Waals surface area contributed by atoms with Gasteiger partial charge in [-0.25, -0.2) is 4.79 Å². The van der Waals surface area contributed by atoms with Crippen molar-refractivity contribution in [2.75, 3.05) is 6.54 Å². The molecule has 0 aromatic heterocycles. The average molecular weight is 387 g/mol. The van der Waals surface area contributed by atoms with E-state index in [0.717, 1.165) is 24.8 Å². The van der Waals surface area contributed by atoms with E-state index < -0.39 is 5.60 Å². The highest BCUT2D eigenvalue weighted by Crippen LogP contribution is 2.43. The van der Waals surface area contributed by atoms with Gasteiger partial charge in [0.05, 0.1) is 6.04 Å². The molecule has 1 aliphatic heterocycles. The van der Waals surface area contributed by atoms with E-state index in [4.69, 9.17) is 10.5 Å². The zero-order valence-electron chi connectivity index (χ0n) is 17.5. The summed E-state index contributed by atoms with van der Waals surface area (Å²) in [7, 11) is 0. The number of rotatable bonds is 4. The number of amides is 2. The predicted molar refractivity (Wildman–Crippen MR) is 110 cm³/mol. The third-order valence-electron chi connectivity index (χ3n) is 5.87. The van der Waals surface area contributed by atoms with Crippen LogP contribution in [0.2, 0.25) is 0 Å². The molecule has 3 rings (SSSR count). The van der Waals surface area contributed by atoms with Crippen molar-refractivity contribution in [2.45, 2.75) is 83.8 Å². The van der Waals surface area contributed by atoms with Gasteiger partial charge >= 0.3 is 6.09 Å². The van der Waals surface area contributed by atoms with Gasteiger partial charge in [-0.1, -0.05) is 37.5 Å². The molecule has 28 heavy (non-hydrogen) atoms. The predicted octanol–water partition coefficient (Wildman–Crippen LogP) is 4.52. The minimum Gasteiger partial charge on any atom is -0.444 e. The molecule has 1 fully saturated rings. The van der Waals surface area contributed by atoms with Crippen LogP contribution < -0.4 is 5.73 Å². The molecule has 2 N–H and O–H groups in total. The van der Waals surface area contributed by atoms with E-state index in [1.165, 1.54) is 30.4 Å². The third kappa shape index (κ3) is 5.06. The Hall–Kier alpha value is -2.04. The molecule has 1 atom stereocenters. The van der Waals surface area contributed by atoms with Crippen LogP contribution in [-0.2, 0) is 22.4 Å². The van der Waals surface area contributed by atoms with Crippen molar-refractivity contribution in [3.63, 3.8) is 0 Å². The number of benzene rings is 1. The standard InChI is InChI=1S/C23H34N2O3/c1-23(2,3)28-22(27)25-14-13-17-11-9-16(10-12-20(24)26)15-19(17)21(25)18-7-5-4-6-8-18/h9,11,15,18,21H,4-8,10,12-14H2,1-3H3,(H2,24,26). The molecule has 2 aliphatic rings. The van der Waals surface area contributed by atoms with Crippen LogP contribution in [0.4, 0.5) is 4.79 Å². The molecular weight excluding hydrogens is 352 g/mol. The molecule has 1 saturated carbocycles. The first-order valence-corrected chi connectivity index (χ1v) is 10.6. The van der Waals surface area contributed by atoms with E-state index in [1.807, 2.05) is 25.7 Å². The van der Waals surface area contributed by atoms with Gasteiger partial charge in [0, 0.05) is 13.0 Å². The van der Waals surface area contributed by atoms with Crippen LogP contribution in [0.5, 0.6) is 0 Å². The molecule has 0 bridgehead atoms. The van der Waals surface area contributed by atoms with E-state index in [-0.39, 0.29) is 18.0 Å². The van der Waals surface area contributed by atoms with E-state index >= 15 is 0 Å². The van der Waals surface area contributed by atoms with Crippen LogP contribution in [0.25, 0.3) is 0 Å². The van der Waals surface area contributed by atoms with Crippen molar-refractivity contribution < 1.29 is 14.3 Å². The van der Waals surface area contributed by atoms with E-state index in [0.29, 0.717) is 25.3 Å². The summed E-state index contributed by atoms with van der Waals surface area (Å²) in [6.45, 7) is 6.45. The number of fused-ring (bicyclic) bond motifs is 1. The van der Waals surface area contributed by atoms with Crippen LogP contribution in [0.3, 0.4) is 0 Å². The van der Waals surface area contributed by atoms with Crippen molar-refractivity contribution in [3.05, 3.63) is 34.9 Å². The molecule has 1 aromatic carbocycles. The Morgan fingerprint density at radius 3 is 2.54 bits per heavy atom. The Morgan fingerprint density at radius 1 is 1.18 bits per heavy atom. The normalized spacial score (nSPS) is 20.5. The molecule has 5 nitrogen and oxygen atoms in total.